The zero-order valence-corrected chi connectivity index (χ0v) is 17.1. The van der Waals surface area contributed by atoms with Gasteiger partial charge >= 0.3 is 0 Å². The van der Waals surface area contributed by atoms with E-state index in [2.05, 4.69) is 36.4 Å². The van der Waals surface area contributed by atoms with Gasteiger partial charge in [-0.05, 0) is 56.2 Å². The van der Waals surface area contributed by atoms with Crippen LogP contribution in [0.5, 0.6) is 0 Å². The number of hydrogen-bond acceptors (Lipinski definition) is 4. The maximum absolute atomic E-state index is 12.6. The molecule has 27 heavy (non-hydrogen) atoms. The summed E-state index contributed by atoms with van der Waals surface area (Å²) in [6.45, 7) is 2.17. The van der Waals surface area contributed by atoms with Crippen LogP contribution in [0.2, 0.25) is 0 Å². The highest BCUT2D eigenvalue weighted by atomic mass is 79.9. The zero-order valence-electron chi connectivity index (χ0n) is 14.7. The number of carbonyl (C=O) groups excluding carboxylic acids is 1. The van der Waals surface area contributed by atoms with Crippen molar-refractivity contribution >= 4 is 34.1 Å². The predicted octanol–water partition coefficient (Wildman–Crippen LogP) is 4.34. The van der Waals surface area contributed by atoms with Crippen molar-refractivity contribution in [1.82, 2.24) is 25.1 Å². The van der Waals surface area contributed by atoms with Crippen molar-refractivity contribution in [1.29, 1.82) is 0 Å². The molecule has 1 aliphatic carbocycles. The van der Waals surface area contributed by atoms with Gasteiger partial charge in [0.15, 0.2) is 10.6 Å². The Morgan fingerprint density at radius 2 is 2.19 bits per heavy atom. The largest absolute Gasteiger partial charge is 0.345 e. The van der Waals surface area contributed by atoms with Crippen LogP contribution in [-0.2, 0) is 6.54 Å². The second kappa shape index (κ2) is 7.36. The fraction of sp³-hybridized carbons (Fsp3) is 0.263. The Hall–Kier alpha value is -2.32. The minimum absolute atomic E-state index is 0.169. The fourth-order valence-electron chi connectivity index (χ4n) is 3.04. The van der Waals surface area contributed by atoms with Gasteiger partial charge in [0, 0.05) is 16.1 Å². The van der Waals surface area contributed by atoms with Crippen LogP contribution in [0, 0.1) is 11.7 Å². The number of pyridine rings is 1. The van der Waals surface area contributed by atoms with Gasteiger partial charge in [-0.25, -0.2) is 0 Å². The predicted molar refractivity (Wildman–Crippen MR) is 109 cm³/mol. The van der Waals surface area contributed by atoms with E-state index in [1.165, 1.54) is 0 Å². The number of nitrogens with zero attached hydrogens (tertiary/aromatic N) is 3. The maximum Gasteiger partial charge on any atom is 0.253 e. The Bertz CT molecular complexity index is 1070. The molecule has 0 radical (unpaired) electrons. The van der Waals surface area contributed by atoms with Gasteiger partial charge in [-0.2, -0.15) is 5.10 Å². The van der Waals surface area contributed by atoms with Gasteiger partial charge in [-0.1, -0.05) is 28.1 Å². The lowest BCUT2D eigenvalue weighted by Gasteiger charge is -2.10. The Morgan fingerprint density at radius 1 is 1.37 bits per heavy atom. The molecular weight excluding hydrogens is 426 g/mol. The van der Waals surface area contributed by atoms with Crippen LogP contribution in [0.15, 0.2) is 40.9 Å². The summed E-state index contributed by atoms with van der Waals surface area (Å²) in [5, 5.41) is 9.97. The molecular formula is C19H18BrN5OS. The van der Waals surface area contributed by atoms with E-state index in [9.17, 15) is 4.79 Å². The van der Waals surface area contributed by atoms with Gasteiger partial charge in [0.1, 0.15) is 0 Å². The summed E-state index contributed by atoms with van der Waals surface area (Å²) in [4.78, 5) is 17.2. The minimum atomic E-state index is -0.169. The number of H-pyrrole nitrogens is 1. The van der Waals surface area contributed by atoms with Crippen molar-refractivity contribution in [3.8, 4) is 11.3 Å². The highest BCUT2D eigenvalue weighted by Crippen LogP contribution is 2.35. The van der Waals surface area contributed by atoms with E-state index in [1.807, 2.05) is 47.9 Å². The van der Waals surface area contributed by atoms with E-state index >= 15 is 0 Å². The first kappa shape index (κ1) is 18.1. The first-order valence-electron chi connectivity index (χ1n) is 8.70. The average Bonchev–Trinajstić information content (AvgIpc) is 3.42. The first-order valence-corrected chi connectivity index (χ1v) is 9.90. The van der Waals surface area contributed by atoms with Crippen molar-refractivity contribution in [2.45, 2.75) is 32.4 Å². The Kier molecular flexibility index (Phi) is 4.92. The van der Waals surface area contributed by atoms with Gasteiger partial charge in [-0.3, -0.25) is 19.4 Å². The van der Waals surface area contributed by atoms with Crippen molar-refractivity contribution < 1.29 is 4.79 Å². The zero-order chi connectivity index (χ0) is 19.0. The standard InChI is InChI=1S/C19H18BrN5OS/c1-11-15(7-8-16(22-11)12-3-2-4-13(20)9-12)18(26)21-10-17-23-24-19(27)25(17)14-5-6-14/h2-4,7-9,14H,5-6,10H2,1H3,(H,21,26)(H,24,27). The summed E-state index contributed by atoms with van der Waals surface area (Å²) in [6.07, 6.45) is 2.21. The summed E-state index contributed by atoms with van der Waals surface area (Å²) in [7, 11) is 0. The molecule has 3 aromatic rings. The average molecular weight is 444 g/mol. The normalized spacial score (nSPS) is 13.6. The lowest BCUT2D eigenvalue weighted by Crippen LogP contribution is -2.25. The smallest absolute Gasteiger partial charge is 0.253 e. The molecule has 0 unspecified atom stereocenters. The molecule has 6 nitrogen and oxygen atoms in total. The van der Waals surface area contributed by atoms with E-state index in [-0.39, 0.29) is 5.91 Å². The lowest BCUT2D eigenvalue weighted by molar-refractivity contribution is 0.0948. The van der Waals surface area contributed by atoms with Crippen molar-refractivity contribution in [2.75, 3.05) is 0 Å². The second-order valence-electron chi connectivity index (χ2n) is 6.57. The highest BCUT2D eigenvalue weighted by molar-refractivity contribution is 9.10. The van der Waals surface area contributed by atoms with Crippen LogP contribution in [0.4, 0.5) is 0 Å². The van der Waals surface area contributed by atoms with Crippen molar-refractivity contribution in [3.05, 3.63) is 62.7 Å². The van der Waals surface area contributed by atoms with Gasteiger partial charge in [-0.15, -0.1) is 0 Å². The second-order valence-corrected chi connectivity index (χ2v) is 7.87. The quantitative estimate of drug-likeness (QED) is 0.575. The number of amides is 1. The number of rotatable bonds is 5. The number of aromatic amines is 1. The molecule has 0 spiro atoms. The third kappa shape index (κ3) is 3.86. The topological polar surface area (TPSA) is 75.6 Å². The molecule has 1 fully saturated rings. The number of carbonyl (C=O) groups is 1. The molecule has 1 amide bonds. The SMILES string of the molecule is Cc1nc(-c2cccc(Br)c2)ccc1C(=O)NCc1n[nH]c(=S)n1C1CC1. The molecule has 0 atom stereocenters. The van der Waals surface area contributed by atoms with Crippen LogP contribution in [0.1, 0.15) is 40.8 Å². The van der Waals surface area contributed by atoms with Gasteiger partial charge in [0.05, 0.1) is 23.5 Å². The molecule has 1 aromatic carbocycles. The highest BCUT2D eigenvalue weighted by Gasteiger charge is 2.27. The molecule has 138 valence electrons. The van der Waals surface area contributed by atoms with E-state index < -0.39 is 0 Å². The monoisotopic (exact) mass is 443 g/mol. The van der Waals surface area contributed by atoms with E-state index in [0.29, 0.717) is 28.6 Å². The molecule has 1 saturated carbocycles. The van der Waals surface area contributed by atoms with Crippen LogP contribution < -0.4 is 5.32 Å². The molecule has 8 heteroatoms. The minimum Gasteiger partial charge on any atom is -0.345 e. The molecule has 0 bridgehead atoms. The molecule has 0 saturated heterocycles. The molecule has 2 heterocycles. The van der Waals surface area contributed by atoms with Crippen molar-refractivity contribution in [3.63, 3.8) is 0 Å². The summed E-state index contributed by atoms with van der Waals surface area (Å²) >= 11 is 8.74. The molecule has 4 rings (SSSR count). The summed E-state index contributed by atoms with van der Waals surface area (Å²) in [6, 6.07) is 12.0. The third-order valence-electron chi connectivity index (χ3n) is 4.55. The molecule has 0 aliphatic heterocycles. The van der Waals surface area contributed by atoms with Crippen LogP contribution >= 0.6 is 28.1 Å². The summed E-state index contributed by atoms with van der Waals surface area (Å²) in [5.41, 5.74) is 3.08. The van der Waals surface area contributed by atoms with Crippen LogP contribution in [0.3, 0.4) is 0 Å². The molecule has 2 aromatic heterocycles. The number of hydrogen-bond donors (Lipinski definition) is 2. The third-order valence-corrected chi connectivity index (χ3v) is 5.33. The van der Waals surface area contributed by atoms with E-state index in [0.717, 1.165) is 34.4 Å². The Balaban J connectivity index is 1.50. The summed E-state index contributed by atoms with van der Waals surface area (Å²) < 4.78 is 3.60. The number of aryl methyl sites for hydroxylation is 1. The maximum atomic E-state index is 12.6. The van der Waals surface area contributed by atoms with Gasteiger partial charge in [0.25, 0.3) is 5.91 Å². The van der Waals surface area contributed by atoms with Crippen molar-refractivity contribution in [2.24, 2.45) is 0 Å². The van der Waals surface area contributed by atoms with Crippen LogP contribution in [0.25, 0.3) is 11.3 Å². The number of aromatic nitrogens is 4. The summed E-state index contributed by atoms with van der Waals surface area (Å²) in [5.74, 6) is 0.587. The van der Waals surface area contributed by atoms with E-state index in [4.69, 9.17) is 12.2 Å². The Labute approximate surface area is 170 Å². The Morgan fingerprint density at radius 3 is 2.89 bits per heavy atom. The van der Waals surface area contributed by atoms with E-state index in [1.54, 1.807) is 0 Å². The van der Waals surface area contributed by atoms with Gasteiger partial charge in [0.2, 0.25) is 0 Å². The number of halogens is 1. The number of benzene rings is 1. The molecule has 1 aliphatic rings. The van der Waals surface area contributed by atoms with Gasteiger partial charge < -0.3 is 5.32 Å². The lowest BCUT2D eigenvalue weighted by atomic mass is 10.1. The number of nitrogens with one attached hydrogen (secondary N) is 2. The first-order chi connectivity index (χ1) is 13.0. The van der Waals surface area contributed by atoms with Crippen LogP contribution in [-0.4, -0.2) is 25.7 Å². The fourth-order valence-corrected chi connectivity index (χ4v) is 3.73. The molecule has 2 N–H and O–H groups in total.